The minimum absolute atomic E-state index is 0.380. The molecular formula is C16H23BrClNO. The SMILES string of the molecule is CC1(C)CCC(O)(CNCc2ccc(Br)c(Cl)c2)CC1. The van der Waals surface area contributed by atoms with Crippen LogP contribution in [0.3, 0.4) is 0 Å². The molecule has 1 aliphatic rings. The van der Waals surface area contributed by atoms with E-state index in [1.807, 2.05) is 18.2 Å². The van der Waals surface area contributed by atoms with Crippen LogP contribution in [0.4, 0.5) is 0 Å². The van der Waals surface area contributed by atoms with Gasteiger partial charge in [0.25, 0.3) is 0 Å². The average Bonchev–Trinajstić information content (AvgIpc) is 2.38. The molecule has 0 amide bonds. The largest absolute Gasteiger partial charge is 0.389 e. The molecule has 0 aliphatic heterocycles. The zero-order chi connectivity index (χ0) is 14.8. The summed E-state index contributed by atoms with van der Waals surface area (Å²) in [5.41, 5.74) is 0.970. The molecule has 2 N–H and O–H groups in total. The standard InChI is InChI=1S/C16H23BrClNO/c1-15(2)5-7-16(20,8-6-15)11-19-10-12-3-4-13(17)14(18)9-12/h3-4,9,19-20H,5-8,10-11H2,1-2H3. The van der Waals surface area contributed by atoms with Crippen LogP contribution >= 0.6 is 27.5 Å². The molecule has 0 bridgehead atoms. The van der Waals surface area contributed by atoms with Gasteiger partial charge in [-0.05, 0) is 64.7 Å². The predicted molar refractivity (Wildman–Crippen MR) is 88.1 cm³/mol. The molecule has 0 unspecified atom stereocenters. The van der Waals surface area contributed by atoms with E-state index in [0.717, 1.165) is 47.3 Å². The van der Waals surface area contributed by atoms with E-state index in [-0.39, 0.29) is 0 Å². The monoisotopic (exact) mass is 359 g/mol. The Morgan fingerprint density at radius 3 is 2.50 bits per heavy atom. The lowest BCUT2D eigenvalue weighted by Crippen LogP contribution is -2.44. The van der Waals surface area contributed by atoms with Crippen molar-refractivity contribution in [2.24, 2.45) is 5.41 Å². The highest BCUT2D eigenvalue weighted by molar-refractivity contribution is 9.10. The number of rotatable bonds is 4. The van der Waals surface area contributed by atoms with Crippen molar-refractivity contribution < 1.29 is 5.11 Å². The zero-order valence-electron chi connectivity index (χ0n) is 12.2. The molecule has 0 saturated heterocycles. The zero-order valence-corrected chi connectivity index (χ0v) is 14.5. The van der Waals surface area contributed by atoms with Crippen LogP contribution in [-0.4, -0.2) is 17.3 Å². The summed E-state index contributed by atoms with van der Waals surface area (Å²) in [7, 11) is 0. The summed E-state index contributed by atoms with van der Waals surface area (Å²) in [5, 5.41) is 14.7. The number of aliphatic hydroxyl groups is 1. The van der Waals surface area contributed by atoms with Gasteiger partial charge in [0.15, 0.2) is 0 Å². The Kier molecular flexibility index (Phi) is 5.17. The third-order valence-corrected chi connectivity index (χ3v) is 5.53. The van der Waals surface area contributed by atoms with Crippen molar-refractivity contribution in [2.45, 2.75) is 51.7 Å². The topological polar surface area (TPSA) is 32.3 Å². The minimum atomic E-state index is -0.547. The number of nitrogens with one attached hydrogen (secondary N) is 1. The first-order valence-corrected chi connectivity index (χ1v) is 8.34. The Hall–Kier alpha value is -0.0900. The normalized spacial score (nSPS) is 20.9. The smallest absolute Gasteiger partial charge is 0.0772 e. The fourth-order valence-electron chi connectivity index (χ4n) is 2.66. The van der Waals surface area contributed by atoms with E-state index in [0.29, 0.717) is 12.0 Å². The van der Waals surface area contributed by atoms with Crippen molar-refractivity contribution in [3.63, 3.8) is 0 Å². The van der Waals surface area contributed by atoms with Gasteiger partial charge in [-0.25, -0.2) is 0 Å². The van der Waals surface area contributed by atoms with E-state index >= 15 is 0 Å². The lowest BCUT2D eigenvalue weighted by Gasteiger charge is -2.40. The van der Waals surface area contributed by atoms with Gasteiger partial charge in [-0.2, -0.15) is 0 Å². The number of benzene rings is 1. The van der Waals surface area contributed by atoms with Gasteiger partial charge in [0.2, 0.25) is 0 Å². The van der Waals surface area contributed by atoms with Crippen molar-refractivity contribution in [1.82, 2.24) is 5.32 Å². The van der Waals surface area contributed by atoms with Gasteiger partial charge >= 0.3 is 0 Å². The van der Waals surface area contributed by atoms with Gasteiger partial charge in [-0.3, -0.25) is 0 Å². The van der Waals surface area contributed by atoms with Crippen LogP contribution in [0, 0.1) is 5.41 Å². The first-order valence-electron chi connectivity index (χ1n) is 7.17. The van der Waals surface area contributed by atoms with Gasteiger partial charge in [-0.1, -0.05) is 31.5 Å². The van der Waals surface area contributed by atoms with Gasteiger partial charge < -0.3 is 10.4 Å². The molecule has 1 aromatic rings. The maximum Gasteiger partial charge on any atom is 0.0772 e. The summed E-state index contributed by atoms with van der Waals surface area (Å²) in [4.78, 5) is 0. The Morgan fingerprint density at radius 2 is 1.90 bits per heavy atom. The highest BCUT2D eigenvalue weighted by Crippen LogP contribution is 2.39. The second-order valence-corrected chi connectivity index (χ2v) is 8.00. The van der Waals surface area contributed by atoms with Crippen LogP contribution < -0.4 is 5.32 Å². The number of hydrogen-bond donors (Lipinski definition) is 2. The lowest BCUT2D eigenvalue weighted by atomic mass is 9.71. The quantitative estimate of drug-likeness (QED) is 0.827. The van der Waals surface area contributed by atoms with E-state index in [2.05, 4.69) is 35.1 Å². The van der Waals surface area contributed by atoms with E-state index < -0.39 is 5.60 Å². The summed E-state index contributed by atoms with van der Waals surface area (Å²) >= 11 is 9.46. The molecule has 2 nitrogen and oxygen atoms in total. The highest BCUT2D eigenvalue weighted by Gasteiger charge is 2.36. The molecule has 0 spiro atoms. The molecule has 1 aromatic carbocycles. The fourth-order valence-corrected chi connectivity index (χ4v) is 3.11. The van der Waals surface area contributed by atoms with Crippen molar-refractivity contribution >= 4 is 27.5 Å². The average molecular weight is 361 g/mol. The molecule has 1 aliphatic carbocycles. The Bertz CT molecular complexity index is 466. The van der Waals surface area contributed by atoms with E-state index in [1.54, 1.807) is 0 Å². The Balaban J connectivity index is 1.82. The molecule has 1 fully saturated rings. The molecular weight excluding hydrogens is 338 g/mol. The minimum Gasteiger partial charge on any atom is -0.389 e. The van der Waals surface area contributed by atoms with Crippen LogP contribution in [0.1, 0.15) is 45.1 Å². The first-order chi connectivity index (χ1) is 9.30. The van der Waals surface area contributed by atoms with Crippen molar-refractivity contribution in [3.05, 3.63) is 33.3 Å². The molecule has 0 heterocycles. The maximum absolute atomic E-state index is 10.6. The Labute approximate surface area is 135 Å². The summed E-state index contributed by atoms with van der Waals surface area (Å²) in [5.74, 6) is 0. The summed E-state index contributed by atoms with van der Waals surface area (Å²) in [6.07, 6.45) is 3.95. The van der Waals surface area contributed by atoms with Gasteiger partial charge in [0, 0.05) is 17.6 Å². The van der Waals surface area contributed by atoms with Crippen molar-refractivity contribution in [3.8, 4) is 0 Å². The molecule has 0 aromatic heterocycles. The molecule has 112 valence electrons. The van der Waals surface area contributed by atoms with Crippen LogP contribution in [0.2, 0.25) is 5.02 Å². The van der Waals surface area contributed by atoms with Crippen LogP contribution in [0.25, 0.3) is 0 Å². The Morgan fingerprint density at radius 1 is 1.25 bits per heavy atom. The molecule has 20 heavy (non-hydrogen) atoms. The number of halogens is 2. The third kappa shape index (κ3) is 4.45. The summed E-state index contributed by atoms with van der Waals surface area (Å²) in [6, 6.07) is 5.95. The predicted octanol–water partition coefficient (Wildman–Crippen LogP) is 4.52. The molecule has 1 saturated carbocycles. The van der Waals surface area contributed by atoms with Gasteiger partial charge in [-0.15, -0.1) is 0 Å². The van der Waals surface area contributed by atoms with Crippen LogP contribution in [0.15, 0.2) is 22.7 Å². The van der Waals surface area contributed by atoms with Crippen LogP contribution in [0.5, 0.6) is 0 Å². The van der Waals surface area contributed by atoms with E-state index in [4.69, 9.17) is 11.6 Å². The molecule has 4 heteroatoms. The summed E-state index contributed by atoms with van der Waals surface area (Å²) < 4.78 is 0.913. The molecule has 0 radical (unpaired) electrons. The molecule has 0 atom stereocenters. The second-order valence-electron chi connectivity index (χ2n) is 6.74. The number of hydrogen-bond acceptors (Lipinski definition) is 2. The van der Waals surface area contributed by atoms with Crippen molar-refractivity contribution in [1.29, 1.82) is 0 Å². The third-order valence-electron chi connectivity index (χ3n) is 4.30. The molecule has 2 rings (SSSR count). The van der Waals surface area contributed by atoms with Gasteiger partial charge in [0.05, 0.1) is 10.6 Å². The van der Waals surface area contributed by atoms with Gasteiger partial charge in [0.1, 0.15) is 0 Å². The summed E-state index contributed by atoms with van der Waals surface area (Å²) in [6.45, 7) is 5.95. The van der Waals surface area contributed by atoms with E-state index in [9.17, 15) is 5.11 Å². The fraction of sp³-hybridized carbons (Fsp3) is 0.625. The van der Waals surface area contributed by atoms with Crippen LogP contribution in [-0.2, 0) is 6.54 Å². The van der Waals surface area contributed by atoms with Crippen molar-refractivity contribution in [2.75, 3.05) is 6.54 Å². The van der Waals surface area contributed by atoms with E-state index in [1.165, 1.54) is 0 Å². The lowest BCUT2D eigenvalue weighted by molar-refractivity contribution is -0.0245. The second kappa shape index (κ2) is 6.35. The first kappa shape index (κ1) is 16.3. The highest BCUT2D eigenvalue weighted by atomic mass is 79.9. The maximum atomic E-state index is 10.6.